The molecule has 0 spiro atoms. The van der Waals surface area contributed by atoms with Gasteiger partial charge in [-0.05, 0) is 56.9 Å². The normalized spacial score (nSPS) is 13.4. The first kappa shape index (κ1) is 18.9. The van der Waals surface area contributed by atoms with Crippen molar-refractivity contribution in [3.8, 4) is 5.69 Å². The molecule has 1 N–H and O–H groups in total. The second-order valence-electron chi connectivity index (χ2n) is 6.91. The maximum absolute atomic E-state index is 12.9. The van der Waals surface area contributed by atoms with E-state index in [2.05, 4.69) is 31.4 Å². The van der Waals surface area contributed by atoms with Crippen molar-refractivity contribution in [1.82, 2.24) is 29.9 Å². The van der Waals surface area contributed by atoms with Crippen LogP contribution in [-0.2, 0) is 25.8 Å². The number of hydrogen-bond donors (Lipinski definition) is 1. The van der Waals surface area contributed by atoms with E-state index in [9.17, 15) is 4.79 Å². The average Bonchev–Trinajstić information content (AvgIpc) is 3.33. The van der Waals surface area contributed by atoms with Crippen LogP contribution in [0.15, 0.2) is 35.1 Å². The smallest absolute Gasteiger partial charge is 0.272 e. The third kappa shape index (κ3) is 3.73. The number of nitrogens with one attached hydrogen (secondary N) is 1. The average molecular weight is 443 g/mol. The predicted molar refractivity (Wildman–Crippen MR) is 110 cm³/mol. The van der Waals surface area contributed by atoms with E-state index in [0.717, 1.165) is 59.5 Å². The number of hydrogen-bond acceptors (Lipinski definition) is 4. The standard InChI is InChI=1S/C20H23BrN6O/c1-2-26-13-23-24-18(26)11-12-22-20(28)19-16-5-3-4-6-17(16)27(25-19)15-9-7-14(21)8-10-15/h7-10,13H,2-6,11-12H2,1H3,(H,22,28). The number of amides is 1. The van der Waals surface area contributed by atoms with Gasteiger partial charge < -0.3 is 9.88 Å². The van der Waals surface area contributed by atoms with E-state index < -0.39 is 0 Å². The van der Waals surface area contributed by atoms with Crippen molar-refractivity contribution in [1.29, 1.82) is 0 Å². The highest BCUT2D eigenvalue weighted by Gasteiger charge is 2.25. The number of carbonyl (C=O) groups is 1. The number of aryl methyl sites for hydroxylation is 1. The van der Waals surface area contributed by atoms with Crippen molar-refractivity contribution < 1.29 is 4.79 Å². The molecule has 1 amide bonds. The van der Waals surface area contributed by atoms with Crippen molar-refractivity contribution in [2.24, 2.45) is 0 Å². The Morgan fingerprint density at radius 1 is 1.21 bits per heavy atom. The Balaban J connectivity index is 1.53. The second-order valence-corrected chi connectivity index (χ2v) is 7.82. The minimum atomic E-state index is -0.114. The zero-order valence-corrected chi connectivity index (χ0v) is 17.4. The van der Waals surface area contributed by atoms with Crippen LogP contribution >= 0.6 is 15.9 Å². The fourth-order valence-corrected chi connectivity index (χ4v) is 3.95. The zero-order valence-electron chi connectivity index (χ0n) is 15.9. The number of aromatic nitrogens is 5. The van der Waals surface area contributed by atoms with Crippen LogP contribution in [0.3, 0.4) is 0 Å². The van der Waals surface area contributed by atoms with Gasteiger partial charge in [-0.2, -0.15) is 5.10 Å². The third-order valence-corrected chi connectivity index (χ3v) is 5.67. The summed E-state index contributed by atoms with van der Waals surface area (Å²) in [5.74, 6) is 0.766. The summed E-state index contributed by atoms with van der Waals surface area (Å²) in [5, 5.41) is 15.8. The summed E-state index contributed by atoms with van der Waals surface area (Å²) in [4.78, 5) is 12.9. The molecule has 0 atom stereocenters. The minimum absolute atomic E-state index is 0.114. The molecule has 4 rings (SSSR count). The molecule has 3 aromatic rings. The number of rotatable bonds is 6. The van der Waals surface area contributed by atoms with E-state index in [4.69, 9.17) is 5.10 Å². The van der Waals surface area contributed by atoms with Crippen molar-refractivity contribution in [2.45, 2.75) is 45.6 Å². The molecule has 28 heavy (non-hydrogen) atoms. The first-order valence-corrected chi connectivity index (χ1v) is 10.5. The van der Waals surface area contributed by atoms with Gasteiger partial charge in [0, 0.05) is 35.2 Å². The summed E-state index contributed by atoms with van der Waals surface area (Å²) in [6.07, 6.45) is 6.44. The van der Waals surface area contributed by atoms with Gasteiger partial charge in [-0.1, -0.05) is 15.9 Å². The quantitative estimate of drug-likeness (QED) is 0.635. The summed E-state index contributed by atoms with van der Waals surface area (Å²) < 4.78 is 4.94. The number of fused-ring (bicyclic) bond motifs is 1. The highest BCUT2D eigenvalue weighted by molar-refractivity contribution is 9.10. The molecule has 2 aromatic heterocycles. The van der Waals surface area contributed by atoms with Crippen molar-refractivity contribution >= 4 is 21.8 Å². The fraction of sp³-hybridized carbons (Fsp3) is 0.400. The lowest BCUT2D eigenvalue weighted by Crippen LogP contribution is -2.28. The second kappa shape index (κ2) is 8.26. The summed E-state index contributed by atoms with van der Waals surface area (Å²) in [6.45, 7) is 3.38. The molecule has 0 fully saturated rings. The van der Waals surface area contributed by atoms with Gasteiger partial charge in [-0.3, -0.25) is 4.79 Å². The minimum Gasteiger partial charge on any atom is -0.350 e. The van der Waals surface area contributed by atoms with Crippen molar-refractivity contribution in [2.75, 3.05) is 6.54 Å². The number of halogens is 1. The molecule has 1 aromatic carbocycles. The predicted octanol–water partition coefficient (Wildman–Crippen LogP) is 3.10. The highest BCUT2D eigenvalue weighted by Crippen LogP contribution is 2.27. The lowest BCUT2D eigenvalue weighted by Gasteiger charge is -2.14. The third-order valence-electron chi connectivity index (χ3n) is 5.14. The molecule has 2 heterocycles. The van der Waals surface area contributed by atoms with E-state index in [0.29, 0.717) is 18.7 Å². The van der Waals surface area contributed by atoms with Gasteiger partial charge in [-0.15, -0.1) is 10.2 Å². The summed E-state index contributed by atoms with van der Waals surface area (Å²) >= 11 is 3.47. The Morgan fingerprint density at radius 3 is 2.79 bits per heavy atom. The number of carbonyl (C=O) groups excluding carboxylic acids is 1. The van der Waals surface area contributed by atoms with Gasteiger partial charge in [-0.25, -0.2) is 4.68 Å². The summed E-state index contributed by atoms with van der Waals surface area (Å²) in [7, 11) is 0. The summed E-state index contributed by atoms with van der Waals surface area (Å²) in [6, 6.07) is 8.03. The topological polar surface area (TPSA) is 77.6 Å². The molecule has 0 saturated carbocycles. The molecule has 0 bridgehead atoms. The Labute approximate surface area is 172 Å². The lowest BCUT2D eigenvalue weighted by atomic mass is 9.95. The largest absolute Gasteiger partial charge is 0.350 e. The van der Waals surface area contributed by atoms with Gasteiger partial charge in [0.05, 0.1) is 5.69 Å². The zero-order chi connectivity index (χ0) is 19.5. The fourth-order valence-electron chi connectivity index (χ4n) is 3.69. The number of benzene rings is 1. The van der Waals surface area contributed by atoms with Gasteiger partial charge in [0.15, 0.2) is 5.69 Å². The molecule has 1 aliphatic carbocycles. The van der Waals surface area contributed by atoms with Crippen LogP contribution in [0, 0.1) is 0 Å². The van der Waals surface area contributed by atoms with Gasteiger partial charge >= 0.3 is 0 Å². The molecule has 1 aliphatic rings. The van der Waals surface area contributed by atoms with E-state index in [1.54, 1.807) is 6.33 Å². The molecular weight excluding hydrogens is 420 g/mol. The molecule has 146 valence electrons. The Kier molecular flexibility index (Phi) is 5.57. The van der Waals surface area contributed by atoms with Crippen LogP contribution in [0.5, 0.6) is 0 Å². The molecule has 0 aliphatic heterocycles. The van der Waals surface area contributed by atoms with E-state index >= 15 is 0 Å². The van der Waals surface area contributed by atoms with Gasteiger partial charge in [0.1, 0.15) is 12.2 Å². The maximum Gasteiger partial charge on any atom is 0.272 e. The van der Waals surface area contributed by atoms with Crippen LogP contribution in [0.2, 0.25) is 0 Å². The van der Waals surface area contributed by atoms with Crippen LogP contribution in [0.1, 0.15) is 47.3 Å². The molecule has 0 saturated heterocycles. The molecular formula is C20H23BrN6O. The van der Waals surface area contributed by atoms with Gasteiger partial charge in [0.25, 0.3) is 5.91 Å². The Hall–Kier alpha value is -2.48. The van der Waals surface area contributed by atoms with Crippen LogP contribution < -0.4 is 5.32 Å². The SMILES string of the molecule is CCn1cnnc1CCNC(=O)c1nn(-c2ccc(Br)cc2)c2c1CCCC2. The van der Waals surface area contributed by atoms with Crippen LogP contribution in [0.25, 0.3) is 5.69 Å². The summed E-state index contributed by atoms with van der Waals surface area (Å²) in [5.41, 5.74) is 3.78. The first-order valence-electron chi connectivity index (χ1n) is 9.69. The lowest BCUT2D eigenvalue weighted by molar-refractivity contribution is 0.0947. The van der Waals surface area contributed by atoms with Crippen LogP contribution in [-0.4, -0.2) is 37.0 Å². The monoisotopic (exact) mass is 442 g/mol. The Morgan fingerprint density at radius 2 is 2.00 bits per heavy atom. The van der Waals surface area contributed by atoms with E-state index in [-0.39, 0.29) is 5.91 Å². The van der Waals surface area contributed by atoms with Crippen LogP contribution in [0.4, 0.5) is 0 Å². The first-order chi connectivity index (χ1) is 13.7. The van der Waals surface area contributed by atoms with Crippen molar-refractivity contribution in [3.05, 3.63) is 57.8 Å². The van der Waals surface area contributed by atoms with E-state index in [1.807, 2.05) is 40.4 Å². The molecule has 0 unspecified atom stereocenters. The van der Waals surface area contributed by atoms with Crippen molar-refractivity contribution in [3.63, 3.8) is 0 Å². The molecule has 0 radical (unpaired) electrons. The van der Waals surface area contributed by atoms with E-state index in [1.165, 1.54) is 0 Å². The molecule has 7 nitrogen and oxygen atoms in total. The number of nitrogens with zero attached hydrogens (tertiary/aromatic N) is 5. The Bertz CT molecular complexity index is 975. The van der Waals surface area contributed by atoms with Gasteiger partial charge in [0.2, 0.25) is 0 Å². The highest BCUT2D eigenvalue weighted by atomic mass is 79.9. The maximum atomic E-state index is 12.9. The molecule has 8 heteroatoms.